The number of ether oxygens (including phenoxy) is 1. The third-order valence-electron chi connectivity index (χ3n) is 3.12. The van der Waals surface area contributed by atoms with Gasteiger partial charge >= 0.3 is 0 Å². The largest absolute Gasteiger partial charge is 0.449 e. The number of aromatic nitrogens is 1. The quantitative estimate of drug-likeness (QED) is 0.850. The highest BCUT2D eigenvalue weighted by atomic mass is 16.5. The molecule has 0 spiro atoms. The van der Waals surface area contributed by atoms with Gasteiger partial charge in [-0.25, -0.2) is 4.98 Å². The van der Waals surface area contributed by atoms with Crippen molar-refractivity contribution in [3.05, 3.63) is 17.8 Å². The molecular weight excluding hydrogens is 204 g/mol. The lowest BCUT2D eigenvalue weighted by Crippen LogP contribution is -2.21. The first kappa shape index (κ1) is 11.6. The summed E-state index contributed by atoms with van der Waals surface area (Å²) in [4.78, 5) is 4.47. The van der Waals surface area contributed by atoms with Gasteiger partial charge in [-0.05, 0) is 33.2 Å². The van der Waals surface area contributed by atoms with Gasteiger partial charge in [0.1, 0.15) is 6.26 Å². The van der Waals surface area contributed by atoms with Crippen LogP contribution in [-0.2, 0) is 11.2 Å². The van der Waals surface area contributed by atoms with Crippen LogP contribution in [0.3, 0.4) is 0 Å². The molecule has 0 aromatic carbocycles. The van der Waals surface area contributed by atoms with Crippen molar-refractivity contribution in [2.75, 3.05) is 13.7 Å². The summed E-state index contributed by atoms with van der Waals surface area (Å²) in [7, 11) is 1.92. The maximum Gasteiger partial charge on any atom is 0.196 e. The molecule has 1 aromatic heterocycles. The molecule has 16 heavy (non-hydrogen) atoms. The molecule has 90 valence electrons. The molecule has 2 unspecified atom stereocenters. The molecule has 4 nitrogen and oxygen atoms in total. The molecule has 1 aromatic rings. The normalized spacial score (nSPS) is 23.2. The van der Waals surface area contributed by atoms with Crippen LogP contribution in [0.25, 0.3) is 0 Å². The van der Waals surface area contributed by atoms with Crippen LogP contribution in [-0.4, -0.2) is 24.7 Å². The molecule has 0 amide bonds. The van der Waals surface area contributed by atoms with E-state index in [0.717, 1.165) is 31.0 Å². The van der Waals surface area contributed by atoms with E-state index in [-0.39, 0.29) is 6.04 Å². The molecule has 0 radical (unpaired) electrons. The van der Waals surface area contributed by atoms with Crippen LogP contribution in [0.5, 0.6) is 0 Å². The lowest BCUT2D eigenvalue weighted by molar-refractivity contribution is 0.0132. The van der Waals surface area contributed by atoms with E-state index in [1.807, 2.05) is 7.05 Å². The van der Waals surface area contributed by atoms with Crippen LogP contribution < -0.4 is 5.32 Å². The zero-order chi connectivity index (χ0) is 11.4. The second-order valence-corrected chi connectivity index (χ2v) is 4.37. The molecule has 0 aliphatic carbocycles. The van der Waals surface area contributed by atoms with Gasteiger partial charge in [-0.1, -0.05) is 0 Å². The summed E-state index contributed by atoms with van der Waals surface area (Å²) in [5, 5.41) is 3.14. The van der Waals surface area contributed by atoms with Crippen molar-refractivity contribution in [1.82, 2.24) is 10.3 Å². The number of hydrogen-bond acceptors (Lipinski definition) is 4. The Hall–Kier alpha value is -0.870. The highest BCUT2D eigenvalue weighted by molar-refractivity contribution is 5.02. The second-order valence-electron chi connectivity index (χ2n) is 4.37. The summed E-state index contributed by atoms with van der Waals surface area (Å²) >= 11 is 0. The highest BCUT2D eigenvalue weighted by Crippen LogP contribution is 2.18. The van der Waals surface area contributed by atoms with Gasteiger partial charge < -0.3 is 14.5 Å². The maximum atomic E-state index is 5.66. The van der Waals surface area contributed by atoms with Crippen LogP contribution >= 0.6 is 0 Å². The Morgan fingerprint density at radius 1 is 1.56 bits per heavy atom. The minimum atomic E-state index is 0.241. The zero-order valence-corrected chi connectivity index (χ0v) is 10.0. The Labute approximate surface area is 96.4 Å². The third-order valence-corrected chi connectivity index (χ3v) is 3.12. The molecule has 1 N–H and O–H groups in total. The molecule has 0 saturated carbocycles. The molecule has 0 bridgehead atoms. The second kappa shape index (κ2) is 5.46. The van der Waals surface area contributed by atoms with Crippen molar-refractivity contribution in [2.24, 2.45) is 0 Å². The van der Waals surface area contributed by atoms with Crippen LogP contribution in [0.1, 0.15) is 43.8 Å². The minimum absolute atomic E-state index is 0.241. The summed E-state index contributed by atoms with van der Waals surface area (Å²) in [6, 6.07) is 0.241. The number of nitrogens with one attached hydrogen (secondary N) is 1. The van der Waals surface area contributed by atoms with E-state index in [9.17, 15) is 0 Å². The van der Waals surface area contributed by atoms with E-state index in [4.69, 9.17) is 9.15 Å². The smallest absolute Gasteiger partial charge is 0.196 e. The molecule has 2 atom stereocenters. The van der Waals surface area contributed by atoms with E-state index in [1.54, 1.807) is 6.26 Å². The predicted molar refractivity (Wildman–Crippen MR) is 61.3 cm³/mol. The number of rotatable bonds is 4. The van der Waals surface area contributed by atoms with Crippen molar-refractivity contribution >= 4 is 0 Å². The van der Waals surface area contributed by atoms with Crippen molar-refractivity contribution in [3.8, 4) is 0 Å². The lowest BCUT2D eigenvalue weighted by atomic mass is 10.1. The Morgan fingerprint density at radius 3 is 3.12 bits per heavy atom. The third kappa shape index (κ3) is 2.83. The van der Waals surface area contributed by atoms with Crippen molar-refractivity contribution in [2.45, 2.75) is 44.8 Å². The fourth-order valence-corrected chi connectivity index (χ4v) is 1.93. The van der Waals surface area contributed by atoms with Gasteiger partial charge in [-0.3, -0.25) is 0 Å². The molecule has 1 fully saturated rings. The summed E-state index contributed by atoms with van der Waals surface area (Å²) in [6.07, 6.45) is 6.40. The molecule has 2 heterocycles. The fourth-order valence-electron chi connectivity index (χ4n) is 1.93. The van der Waals surface area contributed by atoms with Crippen molar-refractivity contribution in [1.29, 1.82) is 0 Å². The van der Waals surface area contributed by atoms with Gasteiger partial charge in [0.2, 0.25) is 0 Å². The number of oxazole rings is 1. The van der Waals surface area contributed by atoms with E-state index in [0.29, 0.717) is 6.10 Å². The highest BCUT2D eigenvalue weighted by Gasteiger charge is 2.18. The lowest BCUT2D eigenvalue weighted by Gasteiger charge is -2.20. The Morgan fingerprint density at radius 2 is 2.44 bits per heavy atom. The number of hydrogen-bond donors (Lipinski definition) is 1. The van der Waals surface area contributed by atoms with E-state index in [2.05, 4.69) is 17.2 Å². The summed E-state index contributed by atoms with van der Waals surface area (Å²) in [5.41, 5.74) is 0.966. The Bertz CT molecular complexity index is 319. The van der Waals surface area contributed by atoms with Crippen LogP contribution in [0.15, 0.2) is 10.7 Å². The molecular formula is C12H20N2O2. The van der Waals surface area contributed by atoms with Gasteiger partial charge in [-0.15, -0.1) is 0 Å². The molecule has 2 rings (SSSR count). The van der Waals surface area contributed by atoms with Gasteiger partial charge in [0.05, 0.1) is 18.2 Å². The van der Waals surface area contributed by atoms with Crippen LogP contribution in [0, 0.1) is 0 Å². The van der Waals surface area contributed by atoms with Gasteiger partial charge in [-0.2, -0.15) is 0 Å². The summed E-state index contributed by atoms with van der Waals surface area (Å²) in [5.74, 6) is 0.795. The summed E-state index contributed by atoms with van der Waals surface area (Å²) in [6.45, 7) is 2.95. The van der Waals surface area contributed by atoms with Crippen LogP contribution in [0.4, 0.5) is 0 Å². The first-order valence-electron chi connectivity index (χ1n) is 6.02. The van der Waals surface area contributed by atoms with Gasteiger partial charge in [0.15, 0.2) is 5.89 Å². The maximum absolute atomic E-state index is 5.66. The van der Waals surface area contributed by atoms with Crippen molar-refractivity contribution in [3.63, 3.8) is 0 Å². The first-order chi connectivity index (χ1) is 7.79. The average Bonchev–Trinajstić information content (AvgIpc) is 2.78. The van der Waals surface area contributed by atoms with E-state index in [1.165, 1.54) is 12.8 Å². The Kier molecular flexibility index (Phi) is 3.96. The SMILES string of the molecule is CNC(C)c1coc(CC2CCCCO2)n1. The predicted octanol–water partition coefficient (Wildman–Crippen LogP) is 2.07. The monoisotopic (exact) mass is 224 g/mol. The average molecular weight is 224 g/mol. The zero-order valence-electron chi connectivity index (χ0n) is 10.0. The number of nitrogens with zero attached hydrogens (tertiary/aromatic N) is 1. The standard InChI is InChI=1S/C12H20N2O2/c1-9(13-2)11-8-16-12(14-11)7-10-5-3-4-6-15-10/h8-10,13H,3-7H2,1-2H3. The molecule has 1 aliphatic rings. The molecule has 4 heteroatoms. The molecule has 1 aliphatic heterocycles. The van der Waals surface area contributed by atoms with Gasteiger partial charge in [0, 0.05) is 12.6 Å². The molecule has 1 saturated heterocycles. The van der Waals surface area contributed by atoms with E-state index >= 15 is 0 Å². The minimum Gasteiger partial charge on any atom is -0.449 e. The fraction of sp³-hybridized carbons (Fsp3) is 0.750. The Balaban J connectivity index is 1.91. The first-order valence-corrected chi connectivity index (χ1v) is 6.02. The van der Waals surface area contributed by atoms with E-state index < -0.39 is 0 Å². The van der Waals surface area contributed by atoms with Crippen molar-refractivity contribution < 1.29 is 9.15 Å². The summed E-state index contributed by atoms with van der Waals surface area (Å²) < 4.78 is 11.1. The van der Waals surface area contributed by atoms with Gasteiger partial charge in [0.25, 0.3) is 0 Å². The van der Waals surface area contributed by atoms with Crippen LogP contribution in [0.2, 0.25) is 0 Å². The topological polar surface area (TPSA) is 47.3 Å².